The average molecular weight is 179 g/mol. The fraction of sp³-hybridized carbons (Fsp3) is 0.818. The first-order valence-electron chi connectivity index (χ1n) is 5.28. The number of ether oxygens (including phenoxy) is 1. The Hall–Kier alpha value is -0.340. The van der Waals surface area contributed by atoms with Crippen molar-refractivity contribution in [3.8, 4) is 0 Å². The zero-order valence-corrected chi connectivity index (χ0v) is 8.42. The Labute approximate surface area is 79.6 Å². The molecule has 1 saturated heterocycles. The van der Waals surface area contributed by atoms with Gasteiger partial charge < -0.3 is 4.74 Å². The topological polar surface area (TPSA) is 12.2 Å². The van der Waals surface area contributed by atoms with Crippen LogP contribution in [0.1, 0.15) is 25.7 Å². The van der Waals surface area contributed by atoms with Crippen molar-refractivity contribution in [2.75, 3.05) is 14.2 Å². The van der Waals surface area contributed by atoms with Gasteiger partial charge in [-0.1, -0.05) is 6.08 Å². The van der Waals surface area contributed by atoms with Gasteiger partial charge in [-0.05, 0) is 38.3 Å². The smallest absolute Gasteiger partial charge is 0.106 e. The maximum absolute atomic E-state index is 5.82. The molecule has 4 atom stereocenters. The van der Waals surface area contributed by atoms with Crippen LogP contribution in [0.4, 0.5) is 0 Å². The van der Waals surface area contributed by atoms with Crippen molar-refractivity contribution < 1.29 is 4.74 Å². The van der Waals surface area contributed by atoms with Crippen LogP contribution < -0.4 is 0 Å². The zero-order chi connectivity index (χ0) is 9.05. The second kappa shape index (κ2) is 2.37. The van der Waals surface area contributed by atoms with Crippen molar-refractivity contribution in [3.63, 3.8) is 0 Å². The highest BCUT2D eigenvalue weighted by atomic mass is 16.5. The molecule has 2 fully saturated rings. The summed E-state index contributed by atoms with van der Waals surface area (Å²) < 4.78 is 5.82. The number of nitrogens with zero attached hydrogens (tertiary/aromatic N) is 1. The van der Waals surface area contributed by atoms with Gasteiger partial charge in [-0.3, -0.25) is 4.90 Å². The standard InChI is InChI=1S/C11H17NO/c1-12-9-7-8-5-3-4-6-11(8,13-2)10(9)12/h7,9-10H,3-6H2,1-2H3/t9-,10-,11-,12?/m1/s1. The molecular formula is C11H17NO. The van der Waals surface area contributed by atoms with Crippen molar-refractivity contribution in [3.05, 3.63) is 11.6 Å². The molecule has 3 aliphatic rings. The van der Waals surface area contributed by atoms with E-state index in [0.29, 0.717) is 12.1 Å². The van der Waals surface area contributed by atoms with E-state index >= 15 is 0 Å². The molecule has 1 aliphatic heterocycles. The van der Waals surface area contributed by atoms with Crippen molar-refractivity contribution >= 4 is 0 Å². The van der Waals surface area contributed by atoms with E-state index in [1.54, 1.807) is 5.57 Å². The molecular weight excluding hydrogens is 162 g/mol. The van der Waals surface area contributed by atoms with Gasteiger partial charge in [0.1, 0.15) is 5.60 Å². The molecule has 0 aromatic carbocycles. The second-order valence-corrected chi connectivity index (χ2v) is 4.59. The Balaban J connectivity index is 1.98. The van der Waals surface area contributed by atoms with Crippen LogP contribution in [0.2, 0.25) is 0 Å². The highest BCUT2D eigenvalue weighted by Crippen LogP contribution is 2.54. The Morgan fingerprint density at radius 1 is 1.54 bits per heavy atom. The third kappa shape index (κ3) is 0.810. The second-order valence-electron chi connectivity index (χ2n) is 4.59. The molecule has 0 aromatic rings. The van der Waals surface area contributed by atoms with E-state index in [0.717, 1.165) is 0 Å². The van der Waals surface area contributed by atoms with Gasteiger partial charge in [0.05, 0.1) is 6.04 Å². The summed E-state index contributed by atoms with van der Waals surface area (Å²) in [6.45, 7) is 0. The van der Waals surface area contributed by atoms with E-state index in [2.05, 4.69) is 18.0 Å². The summed E-state index contributed by atoms with van der Waals surface area (Å²) in [5, 5.41) is 0. The van der Waals surface area contributed by atoms with E-state index in [1.165, 1.54) is 25.7 Å². The van der Waals surface area contributed by atoms with E-state index in [1.807, 2.05) is 7.11 Å². The molecule has 0 aromatic heterocycles. The summed E-state index contributed by atoms with van der Waals surface area (Å²) in [5.41, 5.74) is 1.71. The summed E-state index contributed by atoms with van der Waals surface area (Å²) in [5.74, 6) is 0. The quantitative estimate of drug-likeness (QED) is 0.447. The van der Waals surface area contributed by atoms with Gasteiger partial charge in [0.25, 0.3) is 0 Å². The molecule has 0 radical (unpaired) electrons. The van der Waals surface area contributed by atoms with Gasteiger partial charge in [-0.2, -0.15) is 0 Å². The van der Waals surface area contributed by atoms with Gasteiger partial charge in [0.15, 0.2) is 0 Å². The van der Waals surface area contributed by atoms with E-state index < -0.39 is 0 Å². The third-order valence-electron chi connectivity index (χ3n) is 4.14. The lowest BCUT2D eigenvalue weighted by Gasteiger charge is -2.37. The number of rotatable bonds is 1. The summed E-state index contributed by atoms with van der Waals surface area (Å²) in [6.07, 6.45) is 7.66. The third-order valence-corrected chi connectivity index (χ3v) is 4.14. The van der Waals surface area contributed by atoms with Crippen LogP contribution in [0.15, 0.2) is 11.6 Å². The van der Waals surface area contributed by atoms with Crippen molar-refractivity contribution in [2.24, 2.45) is 0 Å². The first-order chi connectivity index (χ1) is 6.29. The van der Waals surface area contributed by atoms with Crippen molar-refractivity contribution in [1.29, 1.82) is 0 Å². The normalized spacial score (nSPS) is 52.5. The Morgan fingerprint density at radius 3 is 3.15 bits per heavy atom. The average Bonchev–Trinajstić information content (AvgIpc) is 2.68. The number of likely N-dealkylation sites (N-methyl/N-ethyl adjacent to an activating group) is 1. The van der Waals surface area contributed by atoms with E-state index in [-0.39, 0.29) is 5.60 Å². The molecule has 2 nitrogen and oxygen atoms in total. The van der Waals surface area contributed by atoms with Crippen LogP contribution >= 0.6 is 0 Å². The van der Waals surface area contributed by atoms with Crippen LogP contribution in [0.3, 0.4) is 0 Å². The monoisotopic (exact) mass is 179 g/mol. The molecule has 3 rings (SSSR count). The Morgan fingerprint density at radius 2 is 2.38 bits per heavy atom. The highest BCUT2D eigenvalue weighted by Gasteiger charge is 2.63. The largest absolute Gasteiger partial charge is 0.372 e. The number of fused-ring (bicyclic) bond motifs is 3. The molecule has 72 valence electrons. The van der Waals surface area contributed by atoms with Crippen LogP contribution in [0, 0.1) is 0 Å². The molecule has 1 heterocycles. The number of methoxy groups -OCH3 is 1. The number of hydrogen-bond acceptors (Lipinski definition) is 2. The van der Waals surface area contributed by atoms with Crippen molar-refractivity contribution in [2.45, 2.75) is 43.4 Å². The Kier molecular flexibility index (Phi) is 1.46. The van der Waals surface area contributed by atoms with E-state index in [4.69, 9.17) is 4.74 Å². The first kappa shape index (κ1) is 8.01. The fourth-order valence-electron chi connectivity index (χ4n) is 3.37. The van der Waals surface area contributed by atoms with Crippen LogP contribution in [0.5, 0.6) is 0 Å². The Bertz CT molecular complexity index is 273. The van der Waals surface area contributed by atoms with Crippen molar-refractivity contribution in [1.82, 2.24) is 4.90 Å². The molecule has 0 amide bonds. The molecule has 2 heteroatoms. The minimum Gasteiger partial charge on any atom is -0.372 e. The predicted octanol–water partition coefficient (Wildman–Crippen LogP) is 1.57. The summed E-state index contributed by atoms with van der Waals surface area (Å²) in [4.78, 5) is 2.43. The molecule has 1 unspecified atom stereocenters. The molecule has 2 aliphatic carbocycles. The van der Waals surface area contributed by atoms with E-state index in [9.17, 15) is 0 Å². The fourth-order valence-corrected chi connectivity index (χ4v) is 3.37. The maximum Gasteiger partial charge on any atom is 0.106 e. The molecule has 0 spiro atoms. The van der Waals surface area contributed by atoms with Crippen LogP contribution in [-0.4, -0.2) is 36.7 Å². The minimum absolute atomic E-state index is 0.123. The molecule has 13 heavy (non-hydrogen) atoms. The van der Waals surface area contributed by atoms with Gasteiger partial charge in [-0.25, -0.2) is 0 Å². The van der Waals surface area contributed by atoms with Gasteiger partial charge in [-0.15, -0.1) is 0 Å². The lowest BCUT2D eigenvalue weighted by atomic mass is 9.80. The van der Waals surface area contributed by atoms with Gasteiger partial charge in [0.2, 0.25) is 0 Å². The van der Waals surface area contributed by atoms with Crippen LogP contribution in [-0.2, 0) is 4.74 Å². The highest BCUT2D eigenvalue weighted by molar-refractivity contribution is 5.41. The maximum atomic E-state index is 5.82. The lowest BCUT2D eigenvalue weighted by Crippen LogP contribution is -2.41. The first-order valence-corrected chi connectivity index (χ1v) is 5.28. The molecule has 0 N–H and O–H groups in total. The van der Waals surface area contributed by atoms with Gasteiger partial charge in [0, 0.05) is 13.2 Å². The summed E-state index contributed by atoms with van der Waals surface area (Å²) in [7, 11) is 4.09. The predicted molar refractivity (Wildman–Crippen MR) is 51.6 cm³/mol. The van der Waals surface area contributed by atoms with Gasteiger partial charge >= 0.3 is 0 Å². The lowest BCUT2D eigenvalue weighted by molar-refractivity contribution is -0.00494. The van der Waals surface area contributed by atoms with Crippen LogP contribution in [0.25, 0.3) is 0 Å². The summed E-state index contributed by atoms with van der Waals surface area (Å²) in [6, 6.07) is 1.38. The SMILES string of the molecule is CO[C@]12CCCCC1=C[C@@H]1[C@H]2N1C. The molecule has 1 saturated carbocycles. The number of hydrogen-bond donors (Lipinski definition) is 0. The summed E-state index contributed by atoms with van der Waals surface area (Å²) >= 11 is 0. The minimum atomic E-state index is 0.123. The molecule has 0 bridgehead atoms. The zero-order valence-electron chi connectivity index (χ0n) is 8.42.